The largest absolute Gasteiger partial charge is 0.358 e. The van der Waals surface area contributed by atoms with E-state index in [1.165, 1.54) is 6.07 Å². The molecule has 6 heteroatoms. The van der Waals surface area contributed by atoms with Crippen molar-refractivity contribution in [2.24, 2.45) is 5.73 Å². The first kappa shape index (κ1) is 7.36. The van der Waals surface area contributed by atoms with Gasteiger partial charge in [-0.1, -0.05) is 0 Å². The summed E-state index contributed by atoms with van der Waals surface area (Å²) in [6.07, 6.45) is 0. The van der Waals surface area contributed by atoms with Crippen LogP contribution in [-0.4, -0.2) is 13.8 Å². The summed E-state index contributed by atoms with van der Waals surface area (Å²) in [5.74, 6) is 0. The lowest BCUT2D eigenvalue weighted by Crippen LogP contribution is -2.15. The molecule has 1 unspecified atom stereocenters. The molecule has 4 nitrogen and oxygen atoms in total. The van der Waals surface area contributed by atoms with Crippen molar-refractivity contribution in [3.8, 4) is 0 Å². The Labute approximate surface area is 63.7 Å². The highest BCUT2D eigenvalue weighted by atomic mass is 32.2. The van der Waals surface area contributed by atoms with Crippen LogP contribution in [0, 0.1) is 0 Å². The van der Waals surface area contributed by atoms with Crippen LogP contribution >= 0.6 is 11.5 Å². The third-order valence-electron chi connectivity index (χ3n) is 0.787. The minimum Gasteiger partial charge on any atom is -0.358 e. The van der Waals surface area contributed by atoms with E-state index in [1.54, 1.807) is 5.38 Å². The smallest absolute Gasteiger partial charge is 0.313 e. The zero-order chi connectivity index (χ0) is 7.56. The van der Waals surface area contributed by atoms with Crippen LogP contribution < -0.4 is 5.73 Å². The van der Waals surface area contributed by atoms with Gasteiger partial charge in [0.15, 0.2) is 15.8 Å². The SMILES string of the molecule is NC(=O)S(=O)c1ccsn1. The maximum absolute atomic E-state index is 10.8. The molecule has 2 N–H and O–H groups in total. The van der Waals surface area contributed by atoms with Gasteiger partial charge in [0.2, 0.25) is 0 Å². The van der Waals surface area contributed by atoms with Crippen LogP contribution in [0.1, 0.15) is 0 Å². The average molecular weight is 176 g/mol. The molecule has 54 valence electrons. The molecule has 0 radical (unpaired) electrons. The molecule has 0 fully saturated rings. The topological polar surface area (TPSA) is 73.1 Å². The fraction of sp³-hybridized carbons (Fsp3) is 0. The van der Waals surface area contributed by atoms with Crippen molar-refractivity contribution in [2.75, 3.05) is 0 Å². The van der Waals surface area contributed by atoms with E-state index >= 15 is 0 Å². The highest BCUT2D eigenvalue weighted by Gasteiger charge is 2.10. The number of nitrogens with zero attached hydrogens (tertiary/aromatic N) is 1. The number of nitrogens with two attached hydrogens (primary N) is 1. The number of rotatable bonds is 1. The number of primary amides is 1. The van der Waals surface area contributed by atoms with Crippen LogP contribution in [0.2, 0.25) is 0 Å². The molecule has 0 spiro atoms. The molecule has 1 aromatic rings. The molecule has 1 rings (SSSR count). The van der Waals surface area contributed by atoms with Gasteiger partial charge in [0, 0.05) is 5.38 Å². The van der Waals surface area contributed by atoms with Crippen LogP contribution in [0.5, 0.6) is 0 Å². The van der Waals surface area contributed by atoms with Crippen LogP contribution in [-0.2, 0) is 10.8 Å². The summed E-state index contributed by atoms with van der Waals surface area (Å²) in [5.41, 5.74) is 4.75. The van der Waals surface area contributed by atoms with Gasteiger partial charge in [0.1, 0.15) is 0 Å². The lowest BCUT2D eigenvalue weighted by molar-refractivity contribution is 0.266. The molecule has 0 saturated heterocycles. The number of carbonyl (C=O) groups is 1. The number of amides is 1. The Morgan fingerprint density at radius 1 is 1.80 bits per heavy atom. The first-order chi connectivity index (χ1) is 4.72. The number of aromatic nitrogens is 1. The lowest BCUT2D eigenvalue weighted by Gasteiger charge is -1.86. The highest BCUT2D eigenvalue weighted by molar-refractivity contribution is 8.00. The summed E-state index contributed by atoms with van der Waals surface area (Å²) >= 11 is 1.13. The van der Waals surface area contributed by atoms with Gasteiger partial charge >= 0.3 is 5.24 Å². The zero-order valence-corrected chi connectivity index (χ0v) is 6.45. The number of hydrogen-bond donors (Lipinski definition) is 1. The van der Waals surface area contributed by atoms with Crippen LogP contribution in [0.3, 0.4) is 0 Å². The van der Waals surface area contributed by atoms with Gasteiger partial charge < -0.3 is 5.73 Å². The quantitative estimate of drug-likeness (QED) is 0.670. The second kappa shape index (κ2) is 2.89. The van der Waals surface area contributed by atoms with Crippen LogP contribution in [0.15, 0.2) is 16.5 Å². The van der Waals surface area contributed by atoms with Crippen molar-refractivity contribution in [2.45, 2.75) is 5.03 Å². The predicted octanol–water partition coefficient (Wildman–Crippen LogP) is 0.329. The van der Waals surface area contributed by atoms with Crippen molar-refractivity contribution >= 4 is 27.6 Å². The Kier molecular flexibility index (Phi) is 2.13. The first-order valence-corrected chi connectivity index (χ1v) is 4.32. The lowest BCUT2D eigenvalue weighted by atomic mass is 10.8. The average Bonchev–Trinajstić information content (AvgIpc) is 2.36. The molecule has 0 aliphatic carbocycles. The van der Waals surface area contributed by atoms with E-state index in [2.05, 4.69) is 4.37 Å². The minimum absolute atomic E-state index is 0.234. The summed E-state index contributed by atoms with van der Waals surface area (Å²) in [6.45, 7) is 0. The third kappa shape index (κ3) is 1.39. The fourth-order valence-electron chi connectivity index (χ4n) is 0.400. The van der Waals surface area contributed by atoms with E-state index in [-0.39, 0.29) is 5.03 Å². The van der Waals surface area contributed by atoms with Gasteiger partial charge in [-0.25, -0.2) is 4.21 Å². The number of carbonyl (C=O) groups excluding carboxylic acids is 1. The minimum atomic E-state index is -1.77. The molecule has 1 heterocycles. The Morgan fingerprint density at radius 3 is 2.90 bits per heavy atom. The Balaban J connectivity index is 2.88. The molecule has 1 atom stereocenters. The van der Waals surface area contributed by atoms with Crippen molar-refractivity contribution in [1.82, 2.24) is 4.37 Å². The zero-order valence-electron chi connectivity index (χ0n) is 4.81. The van der Waals surface area contributed by atoms with Gasteiger partial charge in [-0.05, 0) is 17.6 Å². The molecule has 0 aliphatic rings. The van der Waals surface area contributed by atoms with E-state index in [0.29, 0.717) is 0 Å². The maximum atomic E-state index is 10.8. The normalized spacial score (nSPS) is 12.8. The predicted molar refractivity (Wildman–Crippen MR) is 38.1 cm³/mol. The first-order valence-electron chi connectivity index (χ1n) is 2.33. The molecule has 1 amide bonds. The summed E-state index contributed by atoms with van der Waals surface area (Å²) in [4.78, 5) is 10.3. The van der Waals surface area contributed by atoms with Crippen molar-refractivity contribution in [3.05, 3.63) is 11.4 Å². The van der Waals surface area contributed by atoms with Gasteiger partial charge in [-0.2, -0.15) is 4.37 Å². The molecule has 0 aromatic carbocycles. The summed E-state index contributed by atoms with van der Waals surface area (Å²) in [6, 6.07) is 1.51. The molecule has 0 aliphatic heterocycles. The van der Waals surface area contributed by atoms with Crippen molar-refractivity contribution in [1.29, 1.82) is 0 Å². The van der Waals surface area contributed by atoms with Gasteiger partial charge in [-0.15, -0.1) is 0 Å². The third-order valence-corrected chi connectivity index (χ3v) is 2.44. The molecular weight excluding hydrogens is 172 g/mol. The summed E-state index contributed by atoms with van der Waals surface area (Å²) < 4.78 is 14.5. The maximum Gasteiger partial charge on any atom is 0.313 e. The van der Waals surface area contributed by atoms with E-state index in [4.69, 9.17) is 5.73 Å². The van der Waals surface area contributed by atoms with E-state index in [1.807, 2.05) is 0 Å². The summed E-state index contributed by atoms with van der Waals surface area (Å²) in [5, 5.41) is 1.01. The van der Waals surface area contributed by atoms with Crippen LogP contribution in [0.4, 0.5) is 4.79 Å². The second-order valence-corrected chi connectivity index (χ2v) is 3.45. The molecule has 1 aromatic heterocycles. The van der Waals surface area contributed by atoms with E-state index in [9.17, 15) is 9.00 Å². The van der Waals surface area contributed by atoms with Gasteiger partial charge in [0.05, 0.1) is 0 Å². The molecule has 10 heavy (non-hydrogen) atoms. The second-order valence-electron chi connectivity index (χ2n) is 1.43. The van der Waals surface area contributed by atoms with Crippen molar-refractivity contribution < 1.29 is 9.00 Å². The van der Waals surface area contributed by atoms with E-state index in [0.717, 1.165) is 11.5 Å². The Bertz CT molecular complexity index is 256. The van der Waals surface area contributed by atoms with E-state index < -0.39 is 16.0 Å². The van der Waals surface area contributed by atoms with Crippen molar-refractivity contribution in [3.63, 3.8) is 0 Å². The molecular formula is C4H4N2O2S2. The van der Waals surface area contributed by atoms with Gasteiger partial charge in [0.25, 0.3) is 0 Å². The highest BCUT2D eigenvalue weighted by Crippen LogP contribution is 2.04. The monoisotopic (exact) mass is 176 g/mol. The molecule has 0 saturated carbocycles. The van der Waals surface area contributed by atoms with Crippen LogP contribution in [0.25, 0.3) is 0 Å². The number of hydrogen-bond acceptors (Lipinski definition) is 4. The molecule has 0 bridgehead atoms. The summed E-state index contributed by atoms with van der Waals surface area (Å²) in [7, 11) is -1.77. The Morgan fingerprint density at radius 2 is 2.50 bits per heavy atom. The fourth-order valence-corrected chi connectivity index (χ4v) is 1.70. The Hall–Kier alpha value is -0.750. The van der Waals surface area contributed by atoms with Gasteiger partial charge in [-0.3, -0.25) is 4.79 Å². The standard InChI is InChI=1S/C4H4N2O2S2/c5-4(7)10(8)3-1-2-9-6-3/h1-2H,(H2,5,7).